The quantitative estimate of drug-likeness (QED) is 0.0355. The van der Waals surface area contributed by atoms with Crippen molar-refractivity contribution in [1.29, 1.82) is 0 Å². The van der Waals surface area contributed by atoms with Crippen LogP contribution in [0, 0.1) is 0 Å². The van der Waals surface area contributed by atoms with Crippen LogP contribution in [0.5, 0.6) is 0 Å². The lowest BCUT2D eigenvalue weighted by atomic mass is 10.0. The van der Waals surface area contributed by atoms with E-state index in [4.69, 9.17) is 28.8 Å². The maximum atomic E-state index is 13.2. The van der Waals surface area contributed by atoms with Gasteiger partial charge in [-0.15, -0.1) is 27.6 Å². The van der Waals surface area contributed by atoms with Crippen LogP contribution in [-0.2, 0) is 27.5 Å². The van der Waals surface area contributed by atoms with Crippen molar-refractivity contribution >= 4 is 92.0 Å². The molecule has 0 aliphatic carbocycles. The van der Waals surface area contributed by atoms with E-state index in [1.807, 2.05) is 49.9 Å². The number of β-lactam (4-membered cyclic amide) rings is 1. The second-order valence-electron chi connectivity index (χ2n) is 9.59. The fraction of sp³-hybridized carbons (Fsp3) is 0.208. The Labute approximate surface area is 264 Å². The lowest BCUT2D eigenvalue weighted by Gasteiger charge is -2.49. The highest BCUT2D eigenvalue weighted by Gasteiger charge is 2.54. The van der Waals surface area contributed by atoms with Crippen LogP contribution in [0.25, 0.3) is 5.65 Å². The molecule has 44 heavy (non-hydrogen) atoms. The van der Waals surface area contributed by atoms with Crippen molar-refractivity contribution in [1.82, 2.24) is 24.4 Å². The second-order valence-corrected chi connectivity index (χ2v) is 13.3. The van der Waals surface area contributed by atoms with E-state index in [-0.39, 0.29) is 33.4 Å². The number of guanidine groups is 1. The first-order valence-corrected chi connectivity index (χ1v) is 15.8. The van der Waals surface area contributed by atoms with Crippen molar-refractivity contribution < 1.29 is 29.3 Å². The number of anilines is 1. The predicted molar refractivity (Wildman–Crippen MR) is 164 cm³/mol. The number of aliphatic imine (C=N–C) groups is 1. The van der Waals surface area contributed by atoms with Gasteiger partial charge in [0.2, 0.25) is 0 Å². The van der Waals surface area contributed by atoms with Gasteiger partial charge in [-0.3, -0.25) is 14.5 Å². The van der Waals surface area contributed by atoms with Crippen LogP contribution >= 0.6 is 46.0 Å². The number of halogens is 1. The van der Waals surface area contributed by atoms with Crippen molar-refractivity contribution in [3.05, 3.63) is 62.3 Å². The van der Waals surface area contributed by atoms with E-state index >= 15 is 0 Å². The number of aromatic nitrogens is 4. The monoisotopic (exact) mass is 676 g/mol. The van der Waals surface area contributed by atoms with Gasteiger partial charge in [-0.25, -0.2) is 24.0 Å². The summed E-state index contributed by atoms with van der Waals surface area (Å²) in [6.45, 7) is 0.783. The summed E-state index contributed by atoms with van der Waals surface area (Å²) in [7, 11) is 0. The van der Waals surface area contributed by atoms with Gasteiger partial charge in [0.15, 0.2) is 23.0 Å². The number of nitrogens with two attached hydrogens (primary N) is 3. The molecule has 6 heterocycles. The summed E-state index contributed by atoms with van der Waals surface area (Å²) in [5, 5.41) is 26.3. The number of nitrogens with zero attached hydrogens (tertiary/aromatic N) is 7. The van der Waals surface area contributed by atoms with Crippen LogP contribution in [0.3, 0.4) is 0 Å². The molecule has 2 aliphatic heterocycles. The highest BCUT2D eigenvalue weighted by atomic mass is 35.5. The van der Waals surface area contributed by atoms with Crippen LogP contribution < -0.4 is 27.1 Å². The van der Waals surface area contributed by atoms with Gasteiger partial charge >= 0.3 is 11.6 Å². The third-order valence-corrected chi connectivity index (χ3v) is 10.2. The number of hydrogen-bond donors (Lipinski definition) is 6. The molecule has 4 aromatic rings. The Balaban J connectivity index is 1.19. The molecule has 6 rings (SSSR count). The van der Waals surface area contributed by atoms with Gasteiger partial charge in [-0.1, -0.05) is 28.1 Å². The molecule has 228 valence electrons. The minimum atomic E-state index is -1.26. The van der Waals surface area contributed by atoms with Crippen LogP contribution in [0.2, 0.25) is 4.34 Å². The Morgan fingerprint density at radius 1 is 1.30 bits per heavy atom. The SMILES string of the molecule is NC(N)=Nc1csc(C[n+]2ccn3c2ccn3CC2=C(C(=O)O)N3C(=O)[C@@H](NC(=O)/C(=N\O)c4nc(N)sc4Cl)[C@H]3SC2)c1. The molecular formula is C24H23ClN11O5S3+. The van der Waals surface area contributed by atoms with E-state index in [9.17, 15) is 24.7 Å². The zero-order valence-corrected chi connectivity index (χ0v) is 25.5. The maximum absolute atomic E-state index is 13.2. The Morgan fingerprint density at radius 2 is 2.09 bits per heavy atom. The van der Waals surface area contributed by atoms with E-state index < -0.39 is 34.9 Å². The predicted octanol–water partition coefficient (Wildman–Crippen LogP) is 0.352. The molecule has 0 bridgehead atoms. The van der Waals surface area contributed by atoms with E-state index in [1.54, 1.807) is 0 Å². The van der Waals surface area contributed by atoms with Crippen molar-refractivity contribution in [3.63, 3.8) is 0 Å². The normalized spacial score (nSPS) is 18.3. The summed E-state index contributed by atoms with van der Waals surface area (Å²) >= 11 is 9.77. The van der Waals surface area contributed by atoms with Crippen LogP contribution in [-0.4, -0.2) is 76.0 Å². The molecule has 2 amide bonds. The number of carboxylic acids is 1. The van der Waals surface area contributed by atoms with Crippen molar-refractivity contribution in [3.8, 4) is 0 Å². The first-order chi connectivity index (χ1) is 21.0. The molecular weight excluding hydrogens is 654 g/mol. The Bertz CT molecular complexity index is 1920. The summed E-state index contributed by atoms with van der Waals surface area (Å²) in [5.41, 5.74) is 17.8. The molecule has 9 N–H and O–H groups in total. The third kappa shape index (κ3) is 5.23. The zero-order valence-electron chi connectivity index (χ0n) is 22.3. The standard InChI is InChI=1S/C24H22ClN11O5S3/c25-18-14(31-24(28)44-18)15(32-41)19(37)30-16-20(38)36-17(22(39)40)10(8-43-21(16)36)6-34-2-1-13-33(3-4-35(13)34)7-12-5-11(9-42-12)29-23(26)27/h1-5,9,16,21H,6-8H2,(H8-,26,27,28,29,30,31,37,39,40,41)/p+1/t16-,21-/m1/s1. The topological polar surface area (TPSA) is 236 Å². The number of thioether (sulfide) groups is 1. The molecule has 2 atom stereocenters. The highest BCUT2D eigenvalue weighted by molar-refractivity contribution is 8.00. The third-order valence-electron chi connectivity index (χ3n) is 6.84. The number of amides is 2. The summed E-state index contributed by atoms with van der Waals surface area (Å²) in [6, 6.07) is 2.76. The second kappa shape index (κ2) is 11.5. The fourth-order valence-electron chi connectivity index (χ4n) is 5.01. The number of carboxylic acid groups (broad SMARTS) is 1. The van der Waals surface area contributed by atoms with E-state index in [1.165, 1.54) is 28.0 Å². The highest BCUT2D eigenvalue weighted by Crippen LogP contribution is 2.41. The zero-order chi connectivity index (χ0) is 31.3. The average molecular weight is 677 g/mol. The number of rotatable bonds is 9. The molecule has 2 aliphatic rings. The molecule has 0 radical (unpaired) electrons. The van der Waals surface area contributed by atoms with Crippen LogP contribution in [0.4, 0.5) is 10.8 Å². The molecule has 16 nitrogen and oxygen atoms in total. The first-order valence-electron chi connectivity index (χ1n) is 12.6. The van der Waals surface area contributed by atoms with Crippen molar-refractivity contribution in [2.45, 2.75) is 24.5 Å². The number of nitrogens with one attached hydrogen (secondary N) is 1. The number of carbonyl (C=O) groups is 3. The van der Waals surface area contributed by atoms with E-state index in [0.29, 0.717) is 23.6 Å². The fourth-order valence-corrected chi connectivity index (χ4v) is 8.06. The van der Waals surface area contributed by atoms with E-state index in [2.05, 4.69) is 20.4 Å². The molecule has 20 heteroatoms. The molecule has 1 saturated heterocycles. The lowest BCUT2D eigenvalue weighted by molar-refractivity contribution is -0.661. The largest absolute Gasteiger partial charge is 0.477 e. The number of oxime groups is 1. The number of thiazole rings is 1. The summed E-state index contributed by atoms with van der Waals surface area (Å²) in [5.74, 6) is -2.50. The number of fused-ring (bicyclic) bond motifs is 2. The molecule has 0 spiro atoms. The van der Waals surface area contributed by atoms with Crippen LogP contribution in [0.15, 0.2) is 57.5 Å². The molecule has 0 unspecified atom stereocenters. The number of imidazole rings is 1. The van der Waals surface area contributed by atoms with E-state index in [0.717, 1.165) is 21.9 Å². The van der Waals surface area contributed by atoms with Crippen molar-refractivity contribution in [2.24, 2.45) is 21.6 Å². The summed E-state index contributed by atoms with van der Waals surface area (Å²) in [4.78, 5) is 48.6. The Morgan fingerprint density at radius 3 is 2.77 bits per heavy atom. The number of aliphatic carboxylic acids is 1. The maximum Gasteiger partial charge on any atom is 0.352 e. The number of carbonyl (C=O) groups excluding carboxylic acids is 2. The summed E-state index contributed by atoms with van der Waals surface area (Å²) < 4.78 is 5.81. The van der Waals surface area contributed by atoms with Gasteiger partial charge in [0.05, 0.1) is 24.5 Å². The van der Waals surface area contributed by atoms with Gasteiger partial charge in [-0.2, -0.15) is 0 Å². The molecule has 0 aromatic carbocycles. The van der Waals surface area contributed by atoms with Gasteiger partial charge in [0.1, 0.15) is 39.9 Å². The molecule has 4 aromatic heterocycles. The number of hydrogen-bond acceptors (Lipinski definition) is 11. The summed E-state index contributed by atoms with van der Waals surface area (Å²) in [6.07, 6.45) is 5.61. The molecule has 1 fully saturated rings. The average Bonchev–Trinajstić information content (AvgIpc) is 3.75. The minimum Gasteiger partial charge on any atom is -0.477 e. The first kappa shape index (κ1) is 29.5. The van der Waals surface area contributed by atoms with Crippen molar-refractivity contribution in [2.75, 3.05) is 11.5 Å². The smallest absolute Gasteiger partial charge is 0.352 e. The lowest BCUT2D eigenvalue weighted by Crippen LogP contribution is -2.71. The molecule has 0 saturated carbocycles. The Hall–Kier alpha value is -4.59. The van der Waals surface area contributed by atoms with Gasteiger partial charge in [-0.05, 0) is 11.6 Å². The number of thiophene rings is 1. The Kier molecular flexibility index (Phi) is 7.70. The van der Waals surface area contributed by atoms with Gasteiger partial charge in [0.25, 0.3) is 11.8 Å². The minimum absolute atomic E-state index is 0.0129. The van der Waals surface area contributed by atoms with Gasteiger partial charge in [0, 0.05) is 16.0 Å². The van der Waals surface area contributed by atoms with Gasteiger partial charge < -0.3 is 32.8 Å². The van der Waals surface area contributed by atoms with Crippen LogP contribution in [0.1, 0.15) is 10.6 Å². The number of nitrogen functional groups attached to an aromatic ring is 1.